The van der Waals surface area contributed by atoms with Crippen LogP contribution in [0.25, 0.3) is 0 Å². The Morgan fingerprint density at radius 3 is 2.65 bits per heavy atom. The van der Waals surface area contributed by atoms with E-state index in [4.69, 9.17) is 0 Å². The van der Waals surface area contributed by atoms with Crippen LogP contribution in [0.3, 0.4) is 0 Å². The van der Waals surface area contributed by atoms with Crippen molar-refractivity contribution >= 4 is 10.0 Å². The molecule has 0 aliphatic carbocycles. The van der Waals surface area contributed by atoms with Gasteiger partial charge in [0.05, 0.1) is 6.20 Å². The minimum absolute atomic E-state index is 0.102. The molecule has 2 N–H and O–H groups in total. The summed E-state index contributed by atoms with van der Waals surface area (Å²) in [5, 5.41) is 13.5. The first-order valence-electron chi connectivity index (χ1n) is 6.11. The van der Waals surface area contributed by atoms with Crippen LogP contribution < -0.4 is 4.72 Å². The predicted octanol–water partition coefficient (Wildman–Crippen LogP) is 1.47. The van der Waals surface area contributed by atoms with E-state index in [0.29, 0.717) is 11.1 Å². The second-order valence-electron chi connectivity index (χ2n) is 4.69. The molecule has 7 heteroatoms. The van der Waals surface area contributed by atoms with Crippen LogP contribution >= 0.6 is 0 Å². The molecule has 0 aliphatic heterocycles. The average Bonchev–Trinajstić information content (AvgIpc) is 2.69. The summed E-state index contributed by atoms with van der Waals surface area (Å²) < 4.78 is 28.6. The van der Waals surface area contributed by atoms with Gasteiger partial charge in [-0.1, -0.05) is 12.1 Å². The molecule has 2 rings (SSSR count). The zero-order chi connectivity index (χ0) is 14.9. The lowest BCUT2D eigenvalue weighted by Crippen LogP contribution is -2.29. The number of nitrogens with zero attached hydrogens (tertiary/aromatic N) is 2. The standard InChI is InChI=1S/C13H17N3O3S/c1-9-8-14-16(3)13(9)20(18,19)15-10(2)11-5-4-6-12(17)7-11/h4-8,10,15,17H,1-3H3/t10-/m1/s1. The molecule has 0 unspecified atom stereocenters. The van der Waals surface area contributed by atoms with Crippen LogP contribution in [0.2, 0.25) is 0 Å². The highest BCUT2D eigenvalue weighted by Crippen LogP contribution is 2.21. The van der Waals surface area contributed by atoms with Gasteiger partial charge >= 0.3 is 0 Å². The molecule has 0 spiro atoms. The van der Waals surface area contributed by atoms with Gasteiger partial charge in [-0.3, -0.25) is 4.68 Å². The van der Waals surface area contributed by atoms with E-state index in [9.17, 15) is 13.5 Å². The summed E-state index contributed by atoms with van der Waals surface area (Å²) in [7, 11) is -2.09. The Morgan fingerprint density at radius 2 is 2.10 bits per heavy atom. The van der Waals surface area contributed by atoms with Crippen LogP contribution in [0.15, 0.2) is 35.5 Å². The number of hydrogen-bond donors (Lipinski definition) is 2. The number of phenols is 1. The maximum absolute atomic E-state index is 12.4. The topological polar surface area (TPSA) is 84.2 Å². The van der Waals surface area contributed by atoms with E-state index < -0.39 is 16.1 Å². The fourth-order valence-electron chi connectivity index (χ4n) is 2.07. The Hall–Kier alpha value is -1.86. The van der Waals surface area contributed by atoms with Gasteiger partial charge in [-0.2, -0.15) is 5.10 Å². The summed E-state index contributed by atoms with van der Waals surface area (Å²) in [4.78, 5) is 0. The number of nitrogens with one attached hydrogen (secondary N) is 1. The molecule has 0 bridgehead atoms. The fraction of sp³-hybridized carbons (Fsp3) is 0.308. The van der Waals surface area contributed by atoms with E-state index in [-0.39, 0.29) is 10.8 Å². The Morgan fingerprint density at radius 1 is 1.40 bits per heavy atom. The van der Waals surface area contributed by atoms with Crippen LogP contribution in [0.1, 0.15) is 24.1 Å². The number of phenolic OH excluding ortho intramolecular Hbond substituents is 1. The smallest absolute Gasteiger partial charge is 0.258 e. The molecule has 0 fully saturated rings. The fourth-order valence-corrected chi connectivity index (χ4v) is 3.66. The predicted molar refractivity (Wildman–Crippen MR) is 74.8 cm³/mol. The number of benzene rings is 1. The van der Waals surface area contributed by atoms with Gasteiger partial charge in [-0.05, 0) is 31.5 Å². The molecular formula is C13H17N3O3S. The van der Waals surface area contributed by atoms with Crippen LogP contribution in [0, 0.1) is 6.92 Å². The highest BCUT2D eigenvalue weighted by atomic mass is 32.2. The number of sulfonamides is 1. The Kier molecular flexibility index (Phi) is 3.82. The van der Waals surface area contributed by atoms with Gasteiger partial charge in [0, 0.05) is 18.7 Å². The summed E-state index contributed by atoms with van der Waals surface area (Å²) >= 11 is 0. The molecule has 0 aliphatic rings. The van der Waals surface area contributed by atoms with E-state index in [0.717, 1.165) is 0 Å². The Bertz CT molecular complexity index is 703. The van der Waals surface area contributed by atoms with Crippen molar-refractivity contribution in [2.45, 2.75) is 24.9 Å². The van der Waals surface area contributed by atoms with E-state index in [1.165, 1.54) is 23.0 Å². The summed E-state index contributed by atoms with van der Waals surface area (Å²) in [6.45, 7) is 3.42. The van der Waals surface area contributed by atoms with Gasteiger partial charge in [-0.15, -0.1) is 0 Å². The van der Waals surface area contributed by atoms with Crippen molar-refractivity contribution in [2.24, 2.45) is 7.05 Å². The zero-order valence-corrected chi connectivity index (χ0v) is 12.3. The quantitative estimate of drug-likeness (QED) is 0.894. The van der Waals surface area contributed by atoms with Gasteiger partial charge in [0.25, 0.3) is 10.0 Å². The Balaban J connectivity index is 2.29. The van der Waals surface area contributed by atoms with Crippen molar-refractivity contribution < 1.29 is 13.5 Å². The van der Waals surface area contributed by atoms with E-state index in [1.807, 2.05) is 0 Å². The molecule has 0 amide bonds. The monoisotopic (exact) mass is 295 g/mol. The second kappa shape index (κ2) is 5.26. The molecule has 6 nitrogen and oxygen atoms in total. The maximum atomic E-state index is 12.4. The Labute approximate surface area is 118 Å². The molecular weight excluding hydrogens is 278 g/mol. The molecule has 1 aromatic heterocycles. The third-order valence-electron chi connectivity index (χ3n) is 3.01. The van der Waals surface area contributed by atoms with Gasteiger partial charge < -0.3 is 5.11 Å². The van der Waals surface area contributed by atoms with Crippen molar-refractivity contribution in [3.63, 3.8) is 0 Å². The number of hydrogen-bond acceptors (Lipinski definition) is 4. The van der Waals surface area contributed by atoms with Crippen LogP contribution in [-0.2, 0) is 17.1 Å². The average molecular weight is 295 g/mol. The summed E-state index contributed by atoms with van der Waals surface area (Å²) in [6.07, 6.45) is 1.51. The third-order valence-corrected chi connectivity index (χ3v) is 4.77. The van der Waals surface area contributed by atoms with Crippen molar-refractivity contribution in [1.29, 1.82) is 0 Å². The minimum atomic E-state index is -3.67. The summed E-state index contributed by atoms with van der Waals surface area (Å²) in [6, 6.07) is 6.04. The lowest BCUT2D eigenvalue weighted by Gasteiger charge is -2.15. The number of aryl methyl sites for hydroxylation is 2. The normalized spacial score (nSPS) is 13.3. The van der Waals surface area contributed by atoms with Gasteiger partial charge in [0.2, 0.25) is 0 Å². The number of rotatable bonds is 4. The highest BCUT2D eigenvalue weighted by Gasteiger charge is 2.24. The number of aromatic hydroxyl groups is 1. The summed E-state index contributed by atoms with van der Waals surface area (Å²) in [5.74, 6) is 0.102. The molecule has 0 saturated heterocycles. The van der Waals surface area contributed by atoms with Gasteiger partial charge in [0.15, 0.2) is 5.03 Å². The molecule has 1 aromatic carbocycles. The van der Waals surface area contributed by atoms with E-state index in [1.54, 1.807) is 33.0 Å². The zero-order valence-electron chi connectivity index (χ0n) is 11.5. The molecule has 0 saturated carbocycles. The molecule has 2 aromatic rings. The number of aromatic nitrogens is 2. The lowest BCUT2D eigenvalue weighted by molar-refractivity contribution is 0.473. The van der Waals surface area contributed by atoms with Crippen molar-refractivity contribution in [1.82, 2.24) is 14.5 Å². The minimum Gasteiger partial charge on any atom is -0.508 e. The van der Waals surface area contributed by atoms with Crippen molar-refractivity contribution in [2.75, 3.05) is 0 Å². The van der Waals surface area contributed by atoms with Crippen molar-refractivity contribution in [3.05, 3.63) is 41.6 Å². The molecule has 1 heterocycles. The van der Waals surface area contributed by atoms with Crippen molar-refractivity contribution in [3.8, 4) is 5.75 Å². The first-order valence-corrected chi connectivity index (χ1v) is 7.59. The van der Waals surface area contributed by atoms with E-state index >= 15 is 0 Å². The molecule has 0 radical (unpaired) electrons. The highest BCUT2D eigenvalue weighted by molar-refractivity contribution is 7.89. The van der Waals surface area contributed by atoms with E-state index in [2.05, 4.69) is 9.82 Å². The first-order chi connectivity index (χ1) is 9.31. The molecule has 108 valence electrons. The third kappa shape index (κ3) is 2.83. The van der Waals surface area contributed by atoms with Crippen LogP contribution in [0.5, 0.6) is 5.75 Å². The van der Waals surface area contributed by atoms with Crippen LogP contribution in [-0.4, -0.2) is 23.3 Å². The largest absolute Gasteiger partial charge is 0.508 e. The molecule has 1 atom stereocenters. The molecule has 20 heavy (non-hydrogen) atoms. The summed E-state index contributed by atoms with van der Waals surface area (Å²) in [5.41, 5.74) is 1.27. The van der Waals surface area contributed by atoms with Gasteiger partial charge in [0.1, 0.15) is 5.75 Å². The first kappa shape index (κ1) is 14.5. The second-order valence-corrected chi connectivity index (χ2v) is 6.32. The maximum Gasteiger partial charge on any atom is 0.258 e. The van der Waals surface area contributed by atoms with Crippen LogP contribution in [0.4, 0.5) is 0 Å². The van der Waals surface area contributed by atoms with Gasteiger partial charge in [-0.25, -0.2) is 13.1 Å². The lowest BCUT2D eigenvalue weighted by atomic mass is 10.1. The SMILES string of the molecule is Cc1cnn(C)c1S(=O)(=O)N[C@H](C)c1cccc(O)c1.